The second-order valence-electron chi connectivity index (χ2n) is 17.6. The molecule has 0 unspecified atom stereocenters. The number of amides is 5. The summed E-state index contributed by atoms with van der Waals surface area (Å²) in [7, 11) is 1.96. The third-order valence-corrected chi connectivity index (χ3v) is 13.5. The largest absolute Gasteiger partial charge is 0.439 e. The summed E-state index contributed by atoms with van der Waals surface area (Å²) in [6.07, 6.45) is 12.9. The van der Waals surface area contributed by atoms with Crippen LogP contribution in [0.15, 0.2) is 67.0 Å². The first-order chi connectivity index (χ1) is 35.0. The lowest BCUT2D eigenvalue weighted by atomic mass is 9.94. The summed E-state index contributed by atoms with van der Waals surface area (Å²) >= 11 is 7.80. The number of carbonyl (C=O) groups is 5. The van der Waals surface area contributed by atoms with Crippen LogP contribution < -0.4 is 36.6 Å². The molecule has 0 saturated carbocycles. The minimum absolute atomic E-state index is 0.0645. The number of carbonyl (C=O) groups excluding carboxylic acids is 5. The molecule has 21 heteroatoms. The zero-order chi connectivity index (χ0) is 51.2. The maximum Gasteiger partial charge on any atom is 0.248 e. The van der Waals surface area contributed by atoms with Gasteiger partial charge in [-0.05, 0) is 88.9 Å². The van der Waals surface area contributed by atoms with E-state index in [1.54, 1.807) is 30.3 Å². The van der Waals surface area contributed by atoms with Gasteiger partial charge in [0, 0.05) is 118 Å². The number of likely N-dealkylation sites (N-methyl/N-ethyl adjacent to an activating group) is 1. The molecule has 72 heavy (non-hydrogen) atoms. The van der Waals surface area contributed by atoms with E-state index in [4.69, 9.17) is 30.5 Å². The van der Waals surface area contributed by atoms with Crippen LogP contribution in [0, 0.1) is 11.7 Å². The van der Waals surface area contributed by atoms with Crippen molar-refractivity contribution in [1.82, 2.24) is 36.1 Å². The van der Waals surface area contributed by atoms with Crippen LogP contribution in [0.3, 0.4) is 0 Å². The number of benzene rings is 2. The second-order valence-corrected chi connectivity index (χ2v) is 19.3. The third-order valence-electron chi connectivity index (χ3n) is 11.7. The molecule has 2 fully saturated rings. The summed E-state index contributed by atoms with van der Waals surface area (Å²) in [5, 5.41) is 18.3. The van der Waals surface area contributed by atoms with Crippen LogP contribution in [-0.4, -0.2) is 141 Å². The molecule has 1 aromatic heterocycles. The van der Waals surface area contributed by atoms with Crippen LogP contribution in [0.25, 0.3) is 0 Å². The summed E-state index contributed by atoms with van der Waals surface area (Å²) in [5.74, 6) is 1.74. The number of ether oxygens (including phenoxy) is 4. The highest BCUT2D eigenvalue weighted by molar-refractivity contribution is 8.00. The molecular formula is C51H71ClFN9O9S. The predicted molar refractivity (Wildman–Crippen MR) is 277 cm³/mol. The molecule has 3 heterocycles. The van der Waals surface area contributed by atoms with Crippen LogP contribution >= 0.6 is 23.4 Å². The fourth-order valence-electron chi connectivity index (χ4n) is 7.88. The number of thioether (sulfide) groups is 1. The van der Waals surface area contributed by atoms with E-state index in [9.17, 15) is 28.4 Å². The van der Waals surface area contributed by atoms with Gasteiger partial charge in [-0.3, -0.25) is 24.0 Å². The number of fused-ring (bicyclic) bond motifs is 1. The molecule has 5 rings (SSSR count). The molecule has 3 atom stereocenters. The van der Waals surface area contributed by atoms with Crippen molar-refractivity contribution in [1.29, 1.82) is 0 Å². The number of rotatable bonds is 36. The van der Waals surface area contributed by atoms with Gasteiger partial charge < -0.3 is 55.7 Å². The van der Waals surface area contributed by atoms with Crippen LogP contribution in [0.5, 0.6) is 11.6 Å². The lowest BCUT2D eigenvalue weighted by molar-refractivity contribution is -0.123. The first-order valence-corrected chi connectivity index (χ1v) is 26.4. The zero-order valence-electron chi connectivity index (χ0n) is 41.2. The molecule has 2 aliphatic rings. The van der Waals surface area contributed by atoms with Gasteiger partial charge in [-0.15, -0.1) is 0 Å². The van der Waals surface area contributed by atoms with Gasteiger partial charge in [0.05, 0.1) is 31.5 Å². The van der Waals surface area contributed by atoms with Crippen LogP contribution in [-0.2, 0) is 38.2 Å². The summed E-state index contributed by atoms with van der Waals surface area (Å²) in [6.45, 7) is 5.89. The molecule has 5 amide bonds. The van der Waals surface area contributed by atoms with Crippen molar-refractivity contribution in [2.75, 3.05) is 95.8 Å². The van der Waals surface area contributed by atoms with E-state index in [-0.39, 0.29) is 53.3 Å². The first-order valence-electron chi connectivity index (χ1n) is 24.9. The van der Waals surface area contributed by atoms with E-state index in [1.165, 1.54) is 30.6 Å². The van der Waals surface area contributed by atoms with Crippen LogP contribution in [0.2, 0.25) is 5.02 Å². The number of hydrogen-bond acceptors (Lipinski definition) is 14. The zero-order valence-corrected chi connectivity index (χ0v) is 42.8. The van der Waals surface area contributed by atoms with Crippen LogP contribution in [0.1, 0.15) is 77.0 Å². The summed E-state index contributed by atoms with van der Waals surface area (Å²) < 4.78 is 35.9. The SMILES string of the molecule is CN(C/C=C/C(=O)Nc1cccc(Nc2cc(Oc3ccc(F)c(Cl)c3)ncn2)c1)CCCCNC(=O)CCCC(=O)NCCCOCCOCCOCCCNC(=O)CCCC[C@@H]1SC[C@@H]2NC(=O)C[C@@H]21. The average Bonchev–Trinajstić information content (AvgIpc) is 3.91. The Morgan fingerprint density at radius 1 is 0.806 bits per heavy atom. The van der Waals surface area contributed by atoms with Crippen molar-refractivity contribution in [2.24, 2.45) is 5.92 Å². The Morgan fingerprint density at radius 2 is 1.47 bits per heavy atom. The normalized spacial score (nSPS) is 16.1. The topological polar surface area (TPSA) is 223 Å². The molecular weight excluding hydrogens is 969 g/mol. The minimum atomic E-state index is -0.550. The first kappa shape index (κ1) is 57.5. The molecule has 2 aromatic carbocycles. The number of hydrogen-bond donors (Lipinski definition) is 6. The van der Waals surface area contributed by atoms with Gasteiger partial charge in [-0.2, -0.15) is 11.8 Å². The van der Waals surface area contributed by atoms with Crippen molar-refractivity contribution in [2.45, 2.75) is 88.3 Å². The number of aromatic nitrogens is 2. The fourth-order valence-corrected chi connectivity index (χ4v) is 9.70. The Morgan fingerprint density at radius 3 is 2.18 bits per heavy atom. The molecule has 394 valence electrons. The van der Waals surface area contributed by atoms with E-state index in [0.717, 1.165) is 50.8 Å². The molecule has 2 saturated heterocycles. The Labute approximate surface area is 431 Å². The Hall–Kier alpha value is -5.38. The lowest BCUT2D eigenvalue weighted by Gasteiger charge is -2.15. The number of nitrogens with zero attached hydrogens (tertiary/aromatic N) is 3. The van der Waals surface area contributed by atoms with Crippen LogP contribution in [0.4, 0.5) is 21.6 Å². The van der Waals surface area contributed by atoms with Gasteiger partial charge in [0.2, 0.25) is 35.4 Å². The van der Waals surface area contributed by atoms with Gasteiger partial charge in [0.15, 0.2) is 0 Å². The van der Waals surface area contributed by atoms with Gasteiger partial charge in [-0.1, -0.05) is 30.2 Å². The highest BCUT2D eigenvalue weighted by atomic mass is 35.5. The van der Waals surface area contributed by atoms with Crippen molar-refractivity contribution < 1.29 is 47.3 Å². The summed E-state index contributed by atoms with van der Waals surface area (Å²) in [5.41, 5.74) is 1.25. The standard InChI is InChI=1S/C51H71ClFN9O9S/c1-62(24-8-17-49(66)60-38-12-6-11-37(31-38)59-45-34-51(58-36-57-45)71-39-18-19-42(53)41(52)32-39)23-5-4-20-54-47(64)15-7-16-48(65)56-22-10-26-69-28-30-70-29-27-68-25-9-21-55-46(63)14-3-2-13-44-40-33-50(67)61-43(40)35-72-44/h6,8,11-12,17-19,31-32,34,36,40,43-44H,2-5,7,9-10,13-16,20-30,33,35H2,1H3,(H,54,64)(H,55,63)(H,56,65)(H,60,66)(H,61,67)(H,57,58,59)/b17-8+/t40-,43-,44-/m0/s1. The quantitative estimate of drug-likeness (QED) is 0.0269. The number of anilines is 3. The van der Waals surface area contributed by atoms with Gasteiger partial charge in [-0.25, -0.2) is 14.4 Å². The molecule has 6 N–H and O–H groups in total. The van der Waals surface area contributed by atoms with Crippen molar-refractivity contribution in [3.05, 3.63) is 77.9 Å². The minimum Gasteiger partial charge on any atom is -0.439 e. The monoisotopic (exact) mass is 1040 g/mol. The van der Waals surface area contributed by atoms with E-state index < -0.39 is 5.82 Å². The van der Waals surface area contributed by atoms with Crippen molar-refractivity contribution in [3.8, 4) is 11.6 Å². The molecule has 0 aliphatic carbocycles. The van der Waals surface area contributed by atoms with Crippen molar-refractivity contribution >= 4 is 70.1 Å². The Balaban J connectivity index is 0.752. The molecule has 3 aromatic rings. The molecule has 0 radical (unpaired) electrons. The molecule has 2 aliphatic heterocycles. The molecule has 0 bridgehead atoms. The smallest absolute Gasteiger partial charge is 0.248 e. The predicted octanol–water partition coefficient (Wildman–Crippen LogP) is 6.54. The summed E-state index contributed by atoms with van der Waals surface area (Å²) in [4.78, 5) is 71.2. The highest BCUT2D eigenvalue weighted by Crippen LogP contribution is 2.40. The van der Waals surface area contributed by atoms with Gasteiger partial charge in [0.1, 0.15) is 23.7 Å². The fraction of sp³-hybridized carbons (Fsp3) is 0.549. The average molecular weight is 1040 g/mol. The second kappa shape index (κ2) is 33.4. The Kier molecular flexibility index (Phi) is 26.7. The maximum absolute atomic E-state index is 13.5. The third kappa shape index (κ3) is 23.4. The van der Waals surface area contributed by atoms with E-state index in [1.807, 2.05) is 24.9 Å². The number of unbranched alkanes of at least 4 members (excludes halogenated alkanes) is 2. The molecule has 0 spiro atoms. The van der Waals surface area contributed by atoms with E-state index >= 15 is 0 Å². The van der Waals surface area contributed by atoms with E-state index in [0.29, 0.717) is 132 Å². The summed E-state index contributed by atoms with van der Waals surface area (Å²) in [6, 6.07) is 13.1. The van der Waals surface area contributed by atoms with Gasteiger partial charge in [0.25, 0.3) is 0 Å². The Bertz CT molecular complexity index is 2200. The lowest BCUT2D eigenvalue weighted by Crippen LogP contribution is -2.29. The molecule has 18 nitrogen and oxygen atoms in total. The van der Waals surface area contributed by atoms with E-state index in [2.05, 4.69) is 46.8 Å². The highest BCUT2D eigenvalue weighted by Gasteiger charge is 2.42. The maximum atomic E-state index is 13.5. The van der Waals surface area contributed by atoms with Crippen molar-refractivity contribution in [3.63, 3.8) is 0 Å². The van der Waals surface area contributed by atoms with Gasteiger partial charge >= 0.3 is 0 Å². The number of nitrogens with one attached hydrogen (secondary N) is 6. The number of halogens is 2.